The molecule has 0 saturated carbocycles. The van der Waals surface area contributed by atoms with Gasteiger partial charge in [0.1, 0.15) is 16.2 Å². The second-order valence-electron chi connectivity index (χ2n) is 4.00. The van der Waals surface area contributed by atoms with Crippen LogP contribution in [0.2, 0.25) is 0 Å². The normalized spacial score (nSPS) is 10.8. The lowest BCUT2D eigenvalue weighted by atomic mass is 10.3. The van der Waals surface area contributed by atoms with E-state index in [0.717, 1.165) is 17.3 Å². The smallest absolute Gasteiger partial charge is 0.267 e. The second kappa shape index (κ2) is 4.86. The zero-order chi connectivity index (χ0) is 14.1. The van der Waals surface area contributed by atoms with Crippen LogP contribution in [0.4, 0.5) is 5.69 Å². The van der Waals surface area contributed by atoms with Crippen LogP contribution in [0.1, 0.15) is 10.5 Å². The lowest BCUT2D eigenvalue weighted by Gasteiger charge is -2.02. The average Bonchev–Trinajstić information content (AvgIpc) is 2.83. The number of carbonyl (C=O) groups is 1. The van der Waals surface area contributed by atoms with Crippen LogP contribution in [0, 0.1) is 0 Å². The van der Waals surface area contributed by atoms with E-state index in [2.05, 4.69) is 9.97 Å². The first-order valence-electron chi connectivity index (χ1n) is 5.73. The van der Waals surface area contributed by atoms with E-state index in [1.54, 1.807) is 6.07 Å². The Balaban J connectivity index is 1.97. The summed E-state index contributed by atoms with van der Waals surface area (Å²) in [6, 6.07) is 10.5. The van der Waals surface area contributed by atoms with Crippen LogP contribution in [0.25, 0.3) is 11.1 Å². The van der Waals surface area contributed by atoms with Crippen molar-refractivity contribution in [3.05, 3.63) is 42.1 Å². The predicted octanol–water partition coefficient (Wildman–Crippen LogP) is 2.06. The summed E-state index contributed by atoms with van der Waals surface area (Å²) in [7, 11) is 0. The third-order valence-corrected chi connectivity index (χ3v) is 3.47. The van der Waals surface area contributed by atoms with Crippen molar-refractivity contribution < 1.29 is 9.21 Å². The standard InChI is InChI=1S/C13H10N4O2S/c14-7-5-6-9(11(15)18)16-12(7)20-13-17-8-3-1-2-4-10(8)19-13/h1-6H,14H2,(H2,15,18). The first kappa shape index (κ1) is 12.5. The summed E-state index contributed by atoms with van der Waals surface area (Å²) in [5.74, 6) is -0.607. The van der Waals surface area contributed by atoms with Gasteiger partial charge < -0.3 is 15.9 Å². The van der Waals surface area contributed by atoms with Crippen molar-refractivity contribution in [2.24, 2.45) is 5.73 Å². The molecule has 1 aromatic carbocycles. The molecule has 1 amide bonds. The maximum atomic E-state index is 11.1. The lowest BCUT2D eigenvalue weighted by molar-refractivity contribution is 0.0995. The number of pyridine rings is 1. The molecule has 0 bridgehead atoms. The Labute approximate surface area is 118 Å². The van der Waals surface area contributed by atoms with E-state index in [1.807, 2.05) is 24.3 Å². The van der Waals surface area contributed by atoms with Crippen LogP contribution in [-0.4, -0.2) is 15.9 Å². The summed E-state index contributed by atoms with van der Waals surface area (Å²) in [6.07, 6.45) is 0. The van der Waals surface area contributed by atoms with Gasteiger partial charge in [-0.05, 0) is 36.0 Å². The molecule has 4 N–H and O–H groups in total. The highest BCUT2D eigenvalue weighted by molar-refractivity contribution is 7.99. The first-order chi connectivity index (χ1) is 9.63. The summed E-state index contributed by atoms with van der Waals surface area (Å²) in [5, 5.41) is 0.847. The highest BCUT2D eigenvalue weighted by Crippen LogP contribution is 2.31. The highest BCUT2D eigenvalue weighted by atomic mass is 32.2. The molecule has 6 nitrogen and oxygen atoms in total. The Morgan fingerprint density at radius 3 is 2.70 bits per heavy atom. The molecule has 3 aromatic rings. The Bertz CT molecular complexity index is 767. The van der Waals surface area contributed by atoms with Crippen molar-refractivity contribution in [2.75, 3.05) is 5.73 Å². The molecule has 0 radical (unpaired) electrons. The fraction of sp³-hybridized carbons (Fsp3) is 0. The Hall–Kier alpha value is -2.54. The van der Waals surface area contributed by atoms with Gasteiger partial charge in [-0.1, -0.05) is 12.1 Å². The van der Waals surface area contributed by atoms with E-state index >= 15 is 0 Å². The summed E-state index contributed by atoms with van der Waals surface area (Å²) in [6.45, 7) is 0. The number of primary amides is 1. The molecule has 0 aliphatic carbocycles. The molecular weight excluding hydrogens is 276 g/mol. The number of hydrogen-bond donors (Lipinski definition) is 2. The zero-order valence-corrected chi connectivity index (χ0v) is 11.1. The fourth-order valence-electron chi connectivity index (χ4n) is 1.65. The number of fused-ring (bicyclic) bond motifs is 1. The zero-order valence-electron chi connectivity index (χ0n) is 10.2. The highest BCUT2D eigenvalue weighted by Gasteiger charge is 2.12. The van der Waals surface area contributed by atoms with Gasteiger partial charge in [0, 0.05) is 0 Å². The average molecular weight is 286 g/mol. The fourth-order valence-corrected chi connectivity index (χ4v) is 2.42. The van der Waals surface area contributed by atoms with Gasteiger partial charge in [-0.25, -0.2) is 9.97 Å². The van der Waals surface area contributed by atoms with Gasteiger partial charge in [-0.3, -0.25) is 4.79 Å². The summed E-state index contributed by atoms with van der Waals surface area (Å²) in [5.41, 5.74) is 13.0. The predicted molar refractivity (Wildman–Crippen MR) is 75.3 cm³/mol. The molecule has 0 atom stereocenters. The molecule has 100 valence electrons. The molecule has 2 aromatic heterocycles. The van der Waals surface area contributed by atoms with Crippen molar-refractivity contribution in [2.45, 2.75) is 10.2 Å². The van der Waals surface area contributed by atoms with Crippen LogP contribution in [0.15, 0.2) is 51.1 Å². The number of carbonyl (C=O) groups excluding carboxylic acids is 1. The van der Waals surface area contributed by atoms with E-state index in [1.165, 1.54) is 6.07 Å². The maximum absolute atomic E-state index is 11.1. The third kappa shape index (κ3) is 2.30. The van der Waals surface area contributed by atoms with Gasteiger partial charge >= 0.3 is 0 Å². The van der Waals surface area contributed by atoms with Crippen LogP contribution < -0.4 is 11.5 Å². The Kier molecular flexibility index (Phi) is 3.03. The molecule has 0 aliphatic rings. The van der Waals surface area contributed by atoms with Gasteiger partial charge in [-0.2, -0.15) is 0 Å². The largest absolute Gasteiger partial charge is 0.431 e. The van der Waals surface area contributed by atoms with Crippen LogP contribution in [-0.2, 0) is 0 Å². The van der Waals surface area contributed by atoms with E-state index < -0.39 is 5.91 Å². The molecule has 0 spiro atoms. The lowest BCUT2D eigenvalue weighted by Crippen LogP contribution is -2.13. The number of aromatic nitrogens is 2. The number of hydrogen-bond acceptors (Lipinski definition) is 6. The third-order valence-electron chi connectivity index (χ3n) is 2.60. The van der Waals surface area contributed by atoms with E-state index in [-0.39, 0.29) is 5.69 Å². The van der Waals surface area contributed by atoms with E-state index in [0.29, 0.717) is 21.5 Å². The number of rotatable bonds is 3. The number of amides is 1. The Morgan fingerprint density at radius 2 is 1.95 bits per heavy atom. The quantitative estimate of drug-likeness (QED) is 0.763. The molecule has 0 aliphatic heterocycles. The van der Waals surface area contributed by atoms with Gasteiger partial charge in [0.05, 0.1) is 5.69 Å². The SMILES string of the molecule is NC(=O)c1ccc(N)c(Sc2nc3ccccc3o2)n1. The number of benzene rings is 1. The molecular formula is C13H10N4O2S. The second-order valence-corrected chi connectivity index (χ2v) is 4.94. The minimum atomic E-state index is -0.607. The van der Waals surface area contributed by atoms with Crippen molar-refractivity contribution in [3.8, 4) is 0 Å². The molecule has 20 heavy (non-hydrogen) atoms. The Morgan fingerprint density at radius 1 is 1.15 bits per heavy atom. The first-order valence-corrected chi connectivity index (χ1v) is 6.55. The van der Waals surface area contributed by atoms with E-state index in [9.17, 15) is 4.79 Å². The number of para-hydroxylation sites is 2. The number of nitrogen functional groups attached to an aromatic ring is 1. The van der Waals surface area contributed by atoms with E-state index in [4.69, 9.17) is 15.9 Å². The van der Waals surface area contributed by atoms with Gasteiger partial charge in [0.15, 0.2) is 5.58 Å². The number of nitrogens with zero attached hydrogens (tertiary/aromatic N) is 2. The van der Waals surface area contributed by atoms with Crippen molar-refractivity contribution in [1.82, 2.24) is 9.97 Å². The van der Waals surface area contributed by atoms with Crippen LogP contribution in [0.3, 0.4) is 0 Å². The van der Waals surface area contributed by atoms with Crippen LogP contribution in [0.5, 0.6) is 0 Å². The maximum Gasteiger partial charge on any atom is 0.267 e. The topological polar surface area (TPSA) is 108 Å². The molecule has 0 fully saturated rings. The summed E-state index contributed by atoms with van der Waals surface area (Å²) in [4.78, 5) is 19.5. The van der Waals surface area contributed by atoms with Gasteiger partial charge in [-0.15, -0.1) is 0 Å². The summed E-state index contributed by atoms with van der Waals surface area (Å²) >= 11 is 1.15. The molecule has 7 heteroatoms. The molecule has 3 rings (SSSR count). The molecule has 2 heterocycles. The molecule has 0 unspecified atom stereocenters. The minimum absolute atomic E-state index is 0.151. The number of oxazole rings is 1. The molecule has 0 saturated heterocycles. The van der Waals surface area contributed by atoms with Gasteiger partial charge in [0.25, 0.3) is 11.1 Å². The number of anilines is 1. The number of nitrogens with two attached hydrogens (primary N) is 2. The van der Waals surface area contributed by atoms with Crippen LogP contribution >= 0.6 is 11.8 Å². The van der Waals surface area contributed by atoms with Crippen molar-refractivity contribution >= 4 is 34.5 Å². The monoisotopic (exact) mass is 286 g/mol. The van der Waals surface area contributed by atoms with Gasteiger partial charge in [0.2, 0.25) is 0 Å². The van der Waals surface area contributed by atoms with Crippen molar-refractivity contribution in [3.63, 3.8) is 0 Å². The summed E-state index contributed by atoms with van der Waals surface area (Å²) < 4.78 is 5.57. The minimum Gasteiger partial charge on any atom is -0.431 e. The van der Waals surface area contributed by atoms with Crippen molar-refractivity contribution in [1.29, 1.82) is 0 Å².